The molecule has 0 fully saturated rings. The molecule has 0 aliphatic heterocycles. The quantitative estimate of drug-likeness (QED) is 0.538. The molecule has 0 aromatic heterocycles. The van der Waals surface area contributed by atoms with E-state index < -0.39 is 15.3 Å². The van der Waals surface area contributed by atoms with Crippen molar-refractivity contribution in [2.45, 2.75) is 58.8 Å². The minimum Gasteiger partial charge on any atom is -0.478 e. The summed E-state index contributed by atoms with van der Waals surface area (Å²) in [4.78, 5) is 11.0. The van der Waals surface area contributed by atoms with E-state index in [1.807, 2.05) is 34.6 Å². The van der Waals surface area contributed by atoms with E-state index in [1.54, 1.807) is 0 Å². The third-order valence-electron chi connectivity index (χ3n) is 2.30. The Morgan fingerprint density at radius 2 is 1.65 bits per heavy atom. The second-order valence-corrected chi connectivity index (χ2v) is 6.67. The standard InChI is InChI=1S/C12H24O4Si/c1-7-11(10(6)12(13)14)17(15-8(2)3)16-9(4)5/h8-9,11,17H,6-7H2,1-5H3,(H,13,14). The summed E-state index contributed by atoms with van der Waals surface area (Å²) >= 11 is 0. The zero-order valence-corrected chi connectivity index (χ0v) is 12.6. The van der Waals surface area contributed by atoms with Crippen LogP contribution in [0.4, 0.5) is 0 Å². The smallest absolute Gasteiger partial charge is 0.331 e. The van der Waals surface area contributed by atoms with Crippen LogP contribution in [0.15, 0.2) is 12.2 Å². The lowest BCUT2D eigenvalue weighted by molar-refractivity contribution is -0.132. The van der Waals surface area contributed by atoms with Crippen molar-refractivity contribution in [3.8, 4) is 0 Å². The Morgan fingerprint density at radius 1 is 1.24 bits per heavy atom. The Labute approximate surface area is 105 Å². The minimum absolute atomic E-state index is 0.0426. The highest BCUT2D eigenvalue weighted by atomic mass is 28.3. The lowest BCUT2D eigenvalue weighted by Crippen LogP contribution is -2.36. The number of carboxylic acid groups (broad SMARTS) is 1. The van der Waals surface area contributed by atoms with Gasteiger partial charge in [0, 0.05) is 23.3 Å². The highest BCUT2D eigenvalue weighted by molar-refractivity contribution is 6.48. The fraction of sp³-hybridized carbons (Fsp3) is 0.750. The molecule has 0 aromatic rings. The number of hydrogen-bond acceptors (Lipinski definition) is 3. The van der Waals surface area contributed by atoms with Crippen LogP contribution in [-0.2, 0) is 13.6 Å². The number of carbonyl (C=O) groups is 1. The van der Waals surface area contributed by atoms with Gasteiger partial charge in [-0.3, -0.25) is 0 Å². The molecule has 17 heavy (non-hydrogen) atoms. The van der Waals surface area contributed by atoms with E-state index in [0.717, 1.165) is 0 Å². The van der Waals surface area contributed by atoms with Crippen LogP contribution in [0.3, 0.4) is 0 Å². The molecule has 0 aliphatic rings. The van der Waals surface area contributed by atoms with Gasteiger partial charge in [0.05, 0.1) is 0 Å². The SMILES string of the molecule is C=C(C(=O)O)C(CC)[SiH](OC(C)C)OC(C)C. The molecule has 0 aliphatic carbocycles. The summed E-state index contributed by atoms with van der Waals surface area (Å²) in [5.41, 5.74) is 0.0165. The Morgan fingerprint density at radius 3 is 1.88 bits per heavy atom. The molecule has 0 saturated carbocycles. The molecule has 0 bridgehead atoms. The van der Waals surface area contributed by atoms with E-state index >= 15 is 0 Å². The van der Waals surface area contributed by atoms with Crippen LogP contribution in [0.1, 0.15) is 41.0 Å². The van der Waals surface area contributed by atoms with Crippen LogP contribution in [-0.4, -0.2) is 32.6 Å². The fourth-order valence-corrected chi connectivity index (χ4v) is 3.89. The van der Waals surface area contributed by atoms with Crippen LogP contribution in [0.25, 0.3) is 0 Å². The number of aliphatic carboxylic acids is 1. The molecule has 1 atom stereocenters. The third kappa shape index (κ3) is 6.00. The molecule has 0 spiro atoms. The van der Waals surface area contributed by atoms with E-state index in [-0.39, 0.29) is 23.3 Å². The summed E-state index contributed by atoms with van der Waals surface area (Å²) in [6, 6.07) is 0. The third-order valence-corrected chi connectivity index (χ3v) is 5.46. The largest absolute Gasteiger partial charge is 0.478 e. The van der Waals surface area contributed by atoms with Gasteiger partial charge in [0.15, 0.2) is 0 Å². The maximum absolute atomic E-state index is 11.0. The number of rotatable bonds is 8. The van der Waals surface area contributed by atoms with E-state index in [4.69, 9.17) is 14.0 Å². The first-order valence-corrected chi connectivity index (χ1v) is 7.63. The Kier molecular flexibility index (Phi) is 7.34. The van der Waals surface area contributed by atoms with E-state index in [9.17, 15) is 4.79 Å². The molecule has 0 saturated heterocycles. The van der Waals surface area contributed by atoms with Crippen LogP contribution >= 0.6 is 0 Å². The van der Waals surface area contributed by atoms with Crippen molar-refractivity contribution < 1.29 is 18.8 Å². The maximum atomic E-state index is 11.0. The molecule has 0 radical (unpaired) electrons. The molecule has 5 heteroatoms. The van der Waals surface area contributed by atoms with Crippen LogP contribution in [0.2, 0.25) is 5.54 Å². The topological polar surface area (TPSA) is 55.8 Å². The highest BCUT2D eigenvalue weighted by Crippen LogP contribution is 2.27. The van der Waals surface area contributed by atoms with Gasteiger partial charge in [-0.2, -0.15) is 0 Å². The van der Waals surface area contributed by atoms with Crippen molar-refractivity contribution in [2.75, 3.05) is 0 Å². The zero-order chi connectivity index (χ0) is 13.6. The Balaban J connectivity index is 4.83. The summed E-state index contributed by atoms with van der Waals surface area (Å²) in [6.07, 6.45) is 0.767. The van der Waals surface area contributed by atoms with Crippen molar-refractivity contribution in [3.63, 3.8) is 0 Å². The van der Waals surface area contributed by atoms with E-state index in [1.165, 1.54) is 0 Å². The van der Waals surface area contributed by atoms with Crippen molar-refractivity contribution >= 4 is 15.3 Å². The molecule has 100 valence electrons. The summed E-state index contributed by atoms with van der Waals surface area (Å²) in [7, 11) is -2.06. The monoisotopic (exact) mass is 260 g/mol. The van der Waals surface area contributed by atoms with Crippen LogP contribution in [0, 0.1) is 0 Å². The molecule has 1 N–H and O–H groups in total. The normalized spacial score (nSPS) is 13.4. The summed E-state index contributed by atoms with van der Waals surface area (Å²) in [5.74, 6) is -0.964. The first-order valence-electron chi connectivity index (χ1n) is 6.02. The van der Waals surface area contributed by atoms with Crippen molar-refractivity contribution in [2.24, 2.45) is 0 Å². The molecule has 0 rings (SSSR count). The summed E-state index contributed by atoms with van der Waals surface area (Å²) in [5, 5.41) is 9.01. The van der Waals surface area contributed by atoms with Gasteiger partial charge in [0.1, 0.15) is 0 Å². The van der Waals surface area contributed by atoms with Gasteiger partial charge in [-0.15, -0.1) is 0 Å². The van der Waals surface area contributed by atoms with Crippen molar-refractivity contribution in [1.82, 2.24) is 0 Å². The first kappa shape index (κ1) is 16.3. The second-order valence-electron chi connectivity index (χ2n) is 4.58. The highest BCUT2D eigenvalue weighted by Gasteiger charge is 2.32. The molecule has 0 aromatic carbocycles. The van der Waals surface area contributed by atoms with Gasteiger partial charge < -0.3 is 14.0 Å². The van der Waals surface area contributed by atoms with E-state index in [0.29, 0.717) is 6.42 Å². The van der Waals surface area contributed by atoms with Crippen molar-refractivity contribution in [3.05, 3.63) is 12.2 Å². The molecule has 0 heterocycles. The van der Waals surface area contributed by atoms with Gasteiger partial charge >= 0.3 is 15.3 Å². The first-order chi connectivity index (χ1) is 7.79. The van der Waals surface area contributed by atoms with Gasteiger partial charge in [-0.05, 0) is 34.1 Å². The second kappa shape index (κ2) is 7.63. The van der Waals surface area contributed by atoms with Crippen molar-refractivity contribution in [1.29, 1.82) is 0 Å². The van der Waals surface area contributed by atoms with Crippen LogP contribution in [0.5, 0.6) is 0 Å². The van der Waals surface area contributed by atoms with E-state index in [2.05, 4.69) is 6.58 Å². The average Bonchev–Trinajstić information content (AvgIpc) is 2.16. The molecule has 0 amide bonds. The summed E-state index contributed by atoms with van der Waals surface area (Å²) < 4.78 is 11.6. The lowest BCUT2D eigenvalue weighted by Gasteiger charge is -2.28. The number of carboxylic acids is 1. The lowest BCUT2D eigenvalue weighted by atomic mass is 10.2. The maximum Gasteiger partial charge on any atom is 0.331 e. The molecular weight excluding hydrogens is 236 g/mol. The van der Waals surface area contributed by atoms with Gasteiger partial charge in [-0.1, -0.05) is 13.5 Å². The van der Waals surface area contributed by atoms with Gasteiger partial charge in [0.2, 0.25) is 0 Å². The van der Waals surface area contributed by atoms with Gasteiger partial charge in [0.25, 0.3) is 0 Å². The fourth-order valence-electron chi connectivity index (χ4n) is 1.52. The predicted molar refractivity (Wildman–Crippen MR) is 70.4 cm³/mol. The zero-order valence-electron chi connectivity index (χ0n) is 11.4. The predicted octanol–water partition coefficient (Wildman–Crippen LogP) is 2.48. The van der Waals surface area contributed by atoms with Gasteiger partial charge in [-0.25, -0.2) is 4.79 Å². The molecular formula is C12H24O4Si. The van der Waals surface area contributed by atoms with Crippen LogP contribution < -0.4 is 0 Å². The Bertz CT molecular complexity index is 253. The molecule has 1 unspecified atom stereocenters. The summed E-state index contributed by atoms with van der Waals surface area (Å²) in [6.45, 7) is 13.3. The minimum atomic E-state index is -2.06. The number of hydrogen-bond donors (Lipinski definition) is 1. The average molecular weight is 260 g/mol. The Hall–Kier alpha value is -0.653. The molecule has 4 nitrogen and oxygen atoms in total.